The van der Waals surface area contributed by atoms with Crippen molar-refractivity contribution < 1.29 is 28.6 Å². The fourth-order valence-electron chi connectivity index (χ4n) is 4.50. The molecule has 0 fully saturated rings. The summed E-state index contributed by atoms with van der Waals surface area (Å²) in [6.45, 7) is 5.78. The molecule has 9 nitrogen and oxygen atoms in total. The number of rotatable bonds is 5. The fraction of sp³-hybridized carbons (Fsp3) is 0.357. The third-order valence-corrected chi connectivity index (χ3v) is 6.36. The maximum Gasteiger partial charge on any atom is 0.411 e. The third-order valence-electron chi connectivity index (χ3n) is 6.14. The van der Waals surface area contributed by atoms with Gasteiger partial charge in [-0.15, -0.1) is 0 Å². The minimum Gasteiger partial charge on any atom is -0.480 e. The first-order valence-electron chi connectivity index (χ1n) is 12.1. The van der Waals surface area contributed by atoms with E-state index in [0.29, 0.717) is 34.5 Å². The highest BCUT2D eigenvalue weighted by atomic mass is 35.5. The molecule has 38 heavy (non-hydrogen) atoms. The largest absolute Gasteiger partial charge is 0.480 e. The lowest BCUT2D eigenvalue weighted by atomic mass is 9.92. The molecule has 2 heterocycles. The van der Waals surface area contributed by atoms with E-state index in [-0.39, 0.29) is 23.9 Å². The molecule has 1 unspecified atom stereocenters. The summed E-state index contributed by atoms with van der Waals surface area (Å²) in [6.07, 6.45) is 0.0618. The number of hydrogen-bond donors (Lipinski definition) is 1. The summed E-state index contributed by atoms with van der Waals surface area (Å²) in [4.78, 5) is 44.9. The smallest absolute Gasteiger partial charge is 0.411 e. The van der Waals surface area contributed by atoms with E-state index < -0.39 is 23.7 Å². The van der Waals surface area contributed by atoms with E-state index >= 15 is 0 Å². The first-order chi connectivity index (χ1) is 18.0. The minimum absolute atomic E-state index is 0.0739. The number of nitrogens with one attached hydrogen (secondary N) is 1. The second-order valence-electron chi connectivity index (χ2n) is 9.92. The molecule has 1 aromatic heterocycles. The van der Waals surface area contributed by atoms with Crippen LogP contribution in [0.1, 0.15) is 53.9 Å². The van der Waals surface area contributed by atoms with Crippen molar-refractivity contribution in [1.29, 1.82) is 0 Å². The van der Waals surface area contributed by atoms with Gasteiger partial charge in [0, 0.05) is 23.5 Å². The Labute approximate surface area is 226 Å². The first kappa shape index (κ1) is 27.2. The predicted octanol–water partition coefficient (Wildman–Crippen LogP) is 4.83. The molecule has 1 atom stereocenters. The number of nitrogens with zero attached hydrogens (tertiary/aromatic N) is 2. The molecule has 10 heteroatoms. The van der Waals surface area contributed by atoms with Crippen LogP contribution in [0.5, 0.6) is 5.88 Å². The summed E-state index contributed by atoms with van der Waals surface area (Å²) in [7, 11) is 2.68. The van der Waals surface area contributed by atoms with E-state index in [0.717, 1.165) is 11.1 Å². The Balaban J connectivity index is 1.66. The van der Waals surface area contributed by atoms with Gasteiger partial charge in [0.25, 0.3) is 0 Å². The van der Waals surface area contributed by atoms with Crippen LogP contribution in [0.15, 0.2) is 42.5 Å². The van der Waals surface area contributed by atoms with Gasteiger partial charge in [0.2, 0.25) is 11.8 Å². The number of hydrogen-bond acceptors (Lipinski definition) is 7. The number of amides is 2. The fourth-order valence-corrected chi connectivity index (χ4v) is 4.75. The second-order valence-corrected chi connectivity index (χ2v) is 10.4. The van der Waals surface area contributed by atoms with Crippen molar-refractivity contribution in [3.63, 3.8) is 0 Å². The van der Waals surface area contributed by atoms with Crippen molar-refractivity contribution in [1.82, 2.24) is 15.2 Å². The molecule has 4 rings (SSSR count). The highest BCUT2D eigenvalue weighted by molar-refractivity contribution is 6.31. The van der Waals surface area contributed by atoms with Crippen LogP contribution in [0.2, 0.25) is 5.02 Å². The van der Waals surface area contributed by atoms with Crippen molar-refractivity contribution >= 4 is 40.5 Å². The number of halogens is 1. The molecule has 0 aliphatic carbocycles. The number of aromatic nitrogens is 1. The SMILES string of the molecule is COC(=O)c1cc2cc(Cl)cc(CNC(=O)C3c4ccccc4CCN3C(=O)OC(C)(C)C)c2nc1OC. The van der Waals surface area contributed by atoms with Gasteiger partial charge in [-0.1, -0.05) is 35.9 Å². The molecule has 0 saturated heterocycles. The zero-order chi connectivity index (χ0) is 27.6. The Kier molecular flexibility index (Phi) is 7.78. The average molecular weight is 540 g/mol. The highest BCUT2D eigenvalue weighted by Crippen LogP contribution is 2.32. The lowest BCUT2D eigenvalue weighted by Crippen LogP contribution is -2.48. The van der Waals surface area contributed by atoms with Crippen LogP contribution in [-0.2, 0) is 27.2 Å². The van der Waals surface area contributed by atoms with Gasteiger partial charge >= 0.3 is 12.1 Å². The molecule has 0 radical (unpaired) electrons. The van der Waals surface area contributed by atoms with Crippen LogP contribution in [0.25, 0.3) is 10.9 Å². The Morgan fingerprint density at radius 2 is 1.87 bits per heavy atom. The van der Waals surface area contributed by atoms with Gasteiger partial charge in [0.15, 0.2) is 0 Å². The van der Waals surface area contributed by atoms with Gasteiger partial charge in [0.1, 0.15) is 17.2 Å². The number of carbonyl (C=O) groups is 3. The number of fused-ring (bicyclic) bond motifs is 2. The number of benzene rings is 2. The van der Waals surface area contributed by atoms with Crippen LogP contribution < -0.4 is 10.1 Å². The van der Waals surface area contributed by atoms with E-state index in [2.05, 4.69) is 10.3 Å². The molecule has 0 bridgehead atoms. The van der Waals surface area contributed by atoms with Gasteiger partial charge in [-0.3, -0.25) is 9.69 Å². The van der Waals surface area contributed by atoms with E-state index in [4.69, 9.17) is 25.8 Å². The van der Waals surface area contributed by atoms with Crippen molar-refractivity contribution in [2.24, 2.45) is 0 Å². The maximum atomic E-state index is 13.6. The van der Waals surface area contributed by atoms with Crippen LogP contribution in [-0.4, -0.2) is 54.2 Å². The highest BCUT2D eigenvalue weighted by Gasteiger charge is 2.38. The quantitative estimate of drug-likeness (QED) is 0.462. The number of methoxy groups -OCH3 is 2. The zero-order valence-electron chi connectivity index (χ0n) is 22.0. The number of carbonyl (C=O) groups excluding carboxylic acids is 3. The lowest BCUT2D eigenvalue weighted by Gasteiger charge is -2.37. The standard InChI is InChI=1S/C28H30ClN3O6/c1-28(2,3)38-27(35)32-11-10-16-8-6-7-9-20(16)23(32)24(33)30-15-18-13-19(29)12-17-14-21(26(34)37-5)25(36-4)31-22(17)18/h6-9,12-14,23H,10-11,15H2,1-5H3,(H,30,33). The average Bonchev–Trinajstić information content (AvgIpc) is 2.88. The Hall–Kier alpha value is -3.85. The summed E-state index contributed by atoms with van der Waals surface area (Å²) in [5, 5.41) is 3.93. The molecule has 2 amide bonds. The van der Waals surface area contributed by atoms with E-state index in [1.165, 1.54) is 19.1 Å². The molecule has 3 aromatic rings. The molecule has 1 N–H and O–H groups in total. The van der Waals surface area contributed by atoms with Gasteiger partial charge in [-0.05, 0) is 62.1 Å². The van der Waals surface area contributed by atoms with Crippen LogP contribution in [0.4, 0.5) is 4.79 Å². The summed E-state index contributed by atoms with van der Waals surface area (Å²) in [5.41, 5.74) is 2.33. The summed E-state index contributed by atoms with van der Waals surface area (Å²) in [6, 6.07) is 11.7. The molecular weight excluding hydrogens is 510 g/mol. The van der Waals surface area contributed by atoms with Crippen molar-refractivity contribution in [2.75, 3.05) is 20.8 Å². The third kappa shape index (κ3) is 5.67. The monoisotopic (exact) mass is 539 g/mol. The summed E-state index contributed by atoms with van der Waals surface area (Å²) in [5.74, 6) is -0.866. The van der Waals surface area contributed by atoms with E-state index in [1.807, 2.05) is 24.3 Å². The van der Waals surface area contributed by atoms with Crippen LogP contribution in [0.3, 0.4) is 0 Å². The van der Waals surface area contributed by atoms with Gasteiger partial charge < -0.3 is 19.5 Å². The molecular formula is C28H30ClN3O6. The summed E-state index contributed by atoms with van der Waals surface area (Å²) >= 11 is 6.36. The molecule has 1 aliphatic heterocycles. The number of ether oxygens (including phenoxy) is 3. The van der Waals surface area contributed by atoms with Gasteiger partial charge in [0.05, 0.1) is 19.7 Å². The van der Waals surface area contributed by atoms with E-state index in [1.54, 1.807) is 39.0 Å². The molecule has 1 aliphatic rings. The van der Waals surface area contributed by atoms with Crippen molar-refractivity contribution in [3.8, 4) is 5.88 Å². The van der Waals surface area contributed by atoms with Crippen molar-refractivity contribution in [2.45, 2.75) is 45.4 Å². The van der Waals surface area contributed by atoms with Crippen molar-refractivity contribution in [3.05, 3.63) is 69.7 Å². The molecule has 0 saturated carbocycles. The summed E-state index contributed by atoms with van der Waals surface area (Å²) < 4.78 is 15.7. The first-order valence-corrected chi connectivity index (χ1v) is 12.5. The van der Waals surface area contributed by atoms with E-state index in [9.17, 15) is 14.4 Å². The predicted molar refractivity (Wildman–Crippen MR) is 142 cm³/mol. The molecule has 0 spiro atoms. The molecule has 2 aromatic carbocycles. The normalized spacial score (nSPS) is 15.0. The molecule has 200 valence electrons. The topological polar surface area (TPSA) is 107 Å². The second kappa shape index (κ2) is 10.9. The number of esters is 1. The van der Waals surface area contributed by atoms with Crippen LogP contribution in [0, 0.1) is 0 Å². The Morgan fingerprint density at radius 3 is 2.55 bits per heavy atom. The number of pyridine rings is 1. The minimum atomic E-state index is -0.867. The Bertz CT molecular complexity index is 1400. The van der Waals surface area contributed by atoms with Gasteiger partial charge in [-0.2, -0.15) is 0 Å². The Morgan fingerprint density at radius 1 is 1.13 bits per heavy atom. The zero-order valence-corrected chi connectivity index (χ0v) is 22.7. The van der Waals surface area contributed by atoms with Gasteiger partial charge in [-0.25, -0.2) is 14.6 Å². The van der Waals surface area contributed by atoms with Crippen LogP contribution >= 0.6 is 11.6 Å². The maximum absolute atomic E-state index is 13.6. The lowest BCUT2D eigenvalue weighted by molar-refractivity contribution is -0.127.